The summed E-state index contributed by atoms with van der Waals surface area (Å²) < 4.78 is 5.04. The van der Waals surface area contributed by atoms with Gasteiger partial charge in [0.05, 0.1) is 17.3 Å². The maximum Gasteiger partial charge on any atom is 0.0951 e. The van der Waals surface area contributed by atoms with E-state index in [1.165, 1.54) is 0 Å². The van der Waals surface area contributed by atoms with Crippen molar-refractivity contribution in [1.82, 2.24) is 4.98 Å². The number of methoxy groups -OCH3 is 1. The topological polar surface area (TPSA) is 48.1 Å². The number of hydrogen-bond acceptors (Lipinski definition) is 4. The average Bonchev–Trinajstić information content (AvgIpc) is 2.74. The van der Waals surface area contributed by atoms with E-state index >= 15 is 0 Å². The Morgan fingerprint density at radius 1 is 1.60 bits per heavy atom. The van der Waals surface area contributed by atoms with Crippen molar-refractivity contribution in [2.45, 2.75) is 32.1 Å². The summed E-state index contributed by atoms with van der Waals surface area (Å²) in [4.78, 5) is 4.62. The molecule has 1 aromatic rings. The van der Waals surface area contributed by atoms with E-state index < -0.39 is 0 Å². The molecule has 1 unspecified atom stereocenters. The highest BCUT2D eigenvalue weighted by Crippen LogP contribution is 2.27. The van der Waals surface area contributed by atoms with E-state index in [4.69, 9.17) is 10.5 Å². The second-order valence-corrected chi connectivity index (χ2v) is 4.93. The van der Waals surface area contributed by atoms with Crippen LogP contribution in [0.2, 0.25) is 0 Å². The van der Waals surface area contributed by atoms with Gasteiger partial charge >= 0.3 is 0 Å². The molecule has 0 fully saturated rings. The SMILES string of the molecule is CCC(C)(CN)c1csc(CCOC)n1. The molecule has 3 nitrogen and oxygen atoms in total. The van der Waals surface area contributed by atoms with Crippen molar-refractivity contribution in [3.63, 3.8) is 0 Å². The van der Waals surface area contributed by atoms with Gasteiger partial charge in [0.2, 0.25) is 0 Å². The van der Waals surface area contributed by atoms with Gasteiger partial charge < -0.3 is 10.5 Å². The van der Waals surface area contributed by atoms with E-state index in [1.807, 2.05) is 0 Å². The van der Waals surface area contributed by atoms with Crippen molar-refractivity contribution >= 4 is 11.3 Å². The van der Waals surface area contributed by atoms with E-state index in [1.54, 1.807) is 18.4 Å². The van der Waals surface area contributed by atoms with Gasteiger partial charge in [0.25, 0.3) is 0 Å². The summed E-state index contributed by atoms with van der Waals surface area (Å²) in [6, 6.07) is 0. The molecule has 1 atom stereocenters. The van der Waals surface area contributed by atoms with Crippen molar-refractivity contribution in [2.24, 2.45) is 5.73 Å². The molecular weight excluding hydrogens is 208 g/mol. The second-order valence-electron chi connectivity index (χ2n) is 3.99. The monoisotopic (exact) mass is 228 g/mol. The molecule has 2 N–H and O–H groups in total. The van der Waals surface area contributed by atoms with Crippen LogP contribution in [0.4, 0.5) is 0 Å². The minimum atomic E-state index is 0.0296. The third kappa shape index (κ3) is 3.00. The van der Waals surface area contributed by atoms with Gasteiger partial charge in [-0.25, -0.2) is 4.98 Å². The lowest BCUT2D eigenvalue weighted by Crippen LogP contribution is -2.31. The number of nitrogens with two attached hydrogens (primary N) is 1. The number of thiazole rings is 1. The van der Waals surface area contributed by atoms with Gasteiger partial charge in [-0.05, 0) is 6.42 Å². The van der Waals surface area contributed by atoms with E-state index in [0.717, 1.165) is 30.2 Å². The highest BCUT2D eigenvalue weighted by atomic mass is 32.1. The van der Waals surface area contributed by atoms with E-state index in [2.05, 4.69) is 24.2 Å². The molecule has 1 aromatic heterocycles. The molecule has 0 saturated heterocycles. The highest BCUT2D eigenvalue weighted by molar-refractivity contribution is 7.09. The normalized spacial score (nSPS) is 15.2. The standard InChI is InChI=1S/C11H20N2OS/c1-4-11(2,8-12)9-7-15-10(13-9)5-6-14-3/h7H,4-6,8,12H2,1-3H3. The Kier molecular flexibility index (Phi) is 4.70. The summed E-state index contributed by atoms with van der Waals surface area (Å²) >= 11 is 1.70. The van der Waals surface area contributed by atoms with Crippen LogP contribution in [0, 0.1) is 0 Å². The fourth-order valence-corrected chi connectivity index (χ4v) is 2.26. The third-order valence-corrected chi connectivity index (χ3v) is 3.83. The summed E-state index contributed by atoms with van der Waals surface area (Å²) in [6.45, 7) is 5.71. The third-order valence-electron chi connectivity index (χ3n) is 2.92. The molecule has 0 aliphatic heterocycles. The zero-order valence-electron chi connectivity index (χ0n) is 9.75. The lowest BCUT2D eigenvalue weighted by molar-refractivity contribution is 0.202. The van der Waals surface area contributed by atoms with Crippen molar-refractivity contribution in [2.75, 3.05) is 20.3 Å². The van der Waals surface area contributed by atoms with Gasteiger partial charge in [0.1, 0.15) is 0 Å². The lowest BCUT2D eigenvalue weighted by Gasteiger charge is -2.23. The van der Waals surface area contributed by atoms with E-state index in [9.17, 15) is 0 Å². The van der Waals surface area contributed by atoms with Gasteiger partial charge in [0.15, 0.2) is 0 Å². The minimum Gasteiger partial charge on any atom is -0.384 e. The number of rotatable bonds is 6. The first-order valence-corrected chi connectivity index (χ1v) is 6.18. The summed E-state index contributed by atoms with van der Waals surface area (Å²) in [5, 5.41) is 3.27. The fourth-order valence-electron chi connectivity index (χ4n) is 1.32. The maximum absolute atomic E-state index is 5.80. The highest BCUT2D eigenvalue weighted by Gasteiger charge is 2.25. The quantitative estimate of drug-likeness (QED) is 0.809. The predicted molar refractivity (Wildman–Crippen MR) is 64.4 cm³/mol. The first-order chi connectivity index (χ1) is 7.16. The molecule has 86 valence electrons. The van der Waals surface area contributed by atoms with Gasteiger partial charge in [0, 0.05) is 30.9 Å². The van der Waals surface area contributed by atoms with Crippen LogP contribution in [0.3, 0.4) is 0 Å². The molecule has 0 spiro atoms. The Labute approximate surface area is 95.7 Å². The Bertz CT molecular complexity index is 295. The summed E-state index contributed by atoms with van der Waals surface area (Å²) in [6.07, 6.45) is 1.92. The molecule has 0 aliphatic rings. The molecule has 0 amide bonds. The summed E-state index contributed by atoms with van der Waals surface area (Å²) in [5.41, 5.74) is 6.96. The van der Waals surface area contributed by atoms with Gasteiger partial charge in [-0.15, -0.1) is 11.3 Å². The zero-order valence-corrected chi connectivity index (χ0v) is 10.6. The first kappa shape index (κ1) is 12.6. The summed E-state index contributed by atoms with van der Waals surface area (Å²) in [7, 11) is 1.71. The lowest BCUT2D eigenvalue weighted by atomic mass is 9.85. The molecule has 0 aliphatic carbocycles. The average molecular weight is 228 g/mol. The predicted octanol–water partition coefficient (Wildman–Crippen LogP) is 1.96. The van der Waals surface area contributed by atoms with Crippen LogP contribution in [0.15, 0.2) is 5.38 Å². The maximum atomic E-state index is 5.80. The molecule has 15 heavy (non-hydrogen) atoms. The van der Waals surface area contributed by atoms with Crippen LogP contribution >= 0.6 is 11.3 Å². The second kappa shape index (κ2) is 5.58. The summed E-state index contributed by atoms with van der Waals surface area (Å²) in [5.74, 6) is 0. The van der Waals surface area contributed by atoms with Crippen LogP contribution in [-0.2, 0) is 16.6 Å². The minimum absolute atomic E-state index is 0.0296. The molecule has 0 saturated carbocycles. The van der Waals surface area contributed by atoms with Crippen LogP contribution in [0.5, 0.6) is 0 Å². The fraction of sp³-hybridized carbons (Fsp3) is 0.727. The molecule has 0 aromatic carbocycles. The Balaban J connectivity index is 2.74. The van der Waals surface area contributed by atoms with Crippen molar-refractivity contribution in [3.8, 4) is 0 Å². The molecule has 4 heteroatoms. The van der Waals surface area contributed by atoms with Crippen LogP contribution < -0.4 is 5.73 Å². The first-order valence-electron chi connectivity index (χ1n) is 5.30. The van der Waals surface area contributed by atoms with E-state index in [0.29, 0.717) is 6.54 Å². The van der Waals surface area contributed by atoms with Crippen LogP contribution in [-0.4, -0.2) is 25.2 Å². The van der Waals surface area contributed by atoms with Crippen molar-refractivity contribution in [3.05, 3.63) is 16.1 Å². The van der Waals surface area contributed by atoms with Gasteiger partial charge in [-0.2, -0.15) is 0 Å². The number of nitrogens with zero attached hydrogens (tertiary/aromatic N) is 1. The van der Waals surface area contributed by atoms with Crippen molar-refractivity contribution < 1.29 is 4.74 Å². The van der Waals surface area contributed by atoms with Crippen LogP contribution in [0.1, 0.15) is 31.0 Å². The molecule has 1 heterocycles. The van der Waals surface area contributed by atoms with Crippen LogP contribution in [0.25, 0.3) is 0 Å². The largest absolute Gasteiger partial charge is 0.384 e. The molecule has 1 rings (SSSR count). The van der Waals surface area contributed by atoms with Gasteiger partial charge in [-0.3, -0.25) is 0 Å². The van der Waals surface area contributed by atoms with Gasteiger partial charge in [-0.1, -0.05) is 13.8 Å². The molecule has 0 radical (unpaired) electrons. The number of aromatic nitrogens is 1. The van der Waals surface area contributed by atoms with E-state index in [-0.39, 0.29) is 5.41 Å². The Hall–Kier alpha value is -0.450. The number of hydrogen-bond donors (Lipinski definition) is 1. The Morgan fingerprint density at radius 2 is 2.33 bits per heavy atom. The Morgan fingerprint density at radius 3 is 2.87 bits per heavy atom. The smallest absolute Gasteiger partial charge is 0.0951 e. The van der Waals surface area contributed by atoms with Crippen molar-refractivity contribution in [1.29, 1.82) is 0 Å². The molecule has 0 bridgehead atoms. The molecular formula is C11H20N2OS. The zero-order chi connectivity index (χ0) is 11.3. The number of ether oxygens (including phenoxy) is 1.